The highest BCUT2D eigenvalue weighted by molar-refractivity contribution is 7.88. The molecule has 7 heteroatoms. The number of hydrogen-bond donors (Lipinski definition) is 1. The molecule has 0 fully saturated rings. The highest BCUT2D eigenvalue weighted by Gasteiger charge is 2.17. The van der Waals surface area contributed by atoms with Crippen LogP contribution < -0.4 is 5.32 Å². The van der Waals surface area contributed by atoms with Crippen molar-refractivity contribution in [3.63, 3.8) is 0 Å². The van der Waals surface area contributed by atoms with E-state index in [1.165, 1.54) is 10.6 Å². The van der Waals surface area contributed by atoms with Crippen LogP contribution in [0.2, 0.25) is 0 Å². The first-order valence-corrected chi connectivity index (χ1v) is 9.54. The molecule has 1 aromatic rings. The summed E-state index contributed by atoms with van der Waals surface area (Å²) in [6.07, 6.45) is 2.12. The highest BCUT2D eigenvalue weighted by Crippen LogP contribution is 2.01. The van der Waals surface area contributed by atoms with Gasteiger partial charge in [-0.1, -0.05) is 30.3 Å². The van der Waals surface area contributed by atoms with E-state index in [2.05, 4.69) is 5.32 Å². The summed E-state index contributed by atoms with van der Waals surface area (Å²) >= 11 is 0. The molecule has 1 rings (SSSR count). The van der Waals surface area contributed by atoms with Crippen molar-refractivity contribution in [2.45, 2.75) is 12.8 Å². The van der Waals surface area contributed by atoms with Crippen LogP contribution in [0, 0.1) is 0 Å². The maximum Gasteiger partial charge on any atom is 0.221 e. The van der Waals surface area contributed by atoms with Crippen LogP contribution in [-0.4, -0.2) is 70.1 Å². The zero-order valence-electron chi connectivity index (χ0n) is 14.2. The average Bonchev–Trinajstić information content (AvgIpc) is 2.46. The molecule has 0 aliphatic heterocycles. The number of amides is 1. The van der Waals surface area contributed by atoms with Crippen LogP contribution in [0.25, 0.3) is 0 Å². The van der Waals surface area contributed by atoms with E-state index in [1.807, 2.05) is 49.3 Å². The summed E-state index contributed by atoms with van der Waals surface area (Å²) in [5, 5.41) is 2.83. The van der Waals surface area contributed by atoms with Gasteiger partial charge in [0, 0.05) is 32.6 Å². The van der Waals surface area contributed by atoms with Gasteiger partial charge in [0.05, 0.1) is 6.26 Å². The Bertz CT molecular complexity index is 573. The predicted molar refractivity (Wildman–Crippen MR) is 92.7 cm³/mol. The van der Waals surface area contributed by atoms with Gasteiger partial charge in [0.2, 0.25) is 15.9 Å². The molecule has 130 valence electrons. The Morgan fingerprint density at radius 3 is 2.30 bits per heavy atom. The van der Waals surface area contributed by atoms with Crippen LogP contribution in [-0.2, 0) is 21.2 Å². The molecule has 0 saturated carbocycles. The Morgan fingerprint density at radius 1 is 1.09 bits per heavy atom. The predicted octanol–water partition coefficient (Wildman–Crippen LogP) is 0.559. The van der Waals surface area contributed by atoms with E-state index in [1.54, 1.807) is 0 Å². The third-order valence-corrected chi connectivity index (χ3v) is 4.74. The number of rotatable bonds is 10. The van der Waals surface area contributed by atoms with Gasteiger partial charge in [-0.05, 0) is 26.1 Å². The Kier molecular flexibility index (Phi) is 8.22. The second-order valence-electron chi connectivity index (χ2n) is 5.80. The molecule has 23 heavy (non-hydrogen) atoms. The van der Waals surface area contributed by atoms with Crippen molar-refractivity contribution >= 4 is 15.9 Å². The van der Waals surface area contributed by atoms with Crippen LogP contribution in [0.1, 0.15) is 12.0 Å². The van der Waals surface area contributed by atoms with E-state index in [9.17, 15) is 13.2 Å². The van der Waals surface area contributed by atoms with Crippen molar-refractivity contribution in [3.05, 3.63) is 35.9 Å². The third-order valence-electron chi connectivity index (χ3n) is 3.43. The number of nitrogens with one attached hydrogen (secondary N) is 1. The number of hydrogen-bond acceptors (Lipinski definition) is 4. The van der Waals surface area contributed by atoms with Crippen molar-refractivity contribution < 1.29 is 13.2 Å². The standard InChI is InChI=1S/C16H27N3O3S/c1-18(2)13-14-19(23(3,21)22)12-10-16(20)17-11-9-15-7-5-4-6-8-15/h4-8H,9-14H2,1-3H3,(H,17,20). The molecule has 0 bridgehead atoms. The zero-order valence-corrected chi connectivity index (χ0v) is 15.0. The number of likely N-dealkylation sites (N-methyl/N-ethyl adjacent to an activating group) is 1. The molecule has 0 aromatic heterocycles. The molecule has 0 spiro atoms. The number of sulfonamides is 1. The van der Waals surface area contributed by atoms with Gasteiger partial charge < -0.3 is 10.2 Å². The van der Waals surface area contributed by atoms with Crippen molar-refractivity contribution in [2.75, 3.05) is 46.5 Å². The SMILES string of the molecule is CN(C)CCN(CCC(=O)NCCc1ccccc1)S(C)(=O)=O. The Labute approximate surface area is 139 Å². The van der Waals surface area contributed by atoms with E-state index in [4.69, 9.17) is 0 Å². The molecule has 0 aliphatic carbocycles. The molecule has 6 nitrogen and oxygen atoms in total. The largest absolute Gasteiger partial charge is 0.356 e. The van der Waals surface area contributed by atoms with Gasteiger partial charge in [-0.3, -0.25) is 4.79 Å². The normalized spacial score (nSPS) is 11.9. The summed E-state index contributed by atoms with van der Waals surface area (Å²) in [5.41, 5.74) is 1.16. The van der Waals surface area contributed by atoms with Crippen LogP contribution in [0.4, 0.5) is 0 Å². The Hall–Kier alpha value is -1.44. The molecular weight excluding hydrogens is 314 g/mol. The Balaban J connectivity index is 2.34. The van der Waals surface area contributed by atoms with E-state index in [-0.39, 0.29) is 18.9 Å². The van der Waals surface area contributed by atoms with Crippen molar-refractivity contribution in [1.29, 1.82) is 0 Å². The van der Waals surface area contributed by atoms with E-state index >= 15 is 0 Å². The average molecular weight is 341 g/mol. The first kappa shape index (κ1) is 19.6. The molecular formula is C16H27N3O3S. The minimum atomic E-state index is -3.29. The molecule has 1 amide bonds. The fraction of sp³-hybridized carbons (Fsp3) is 0.562. The summed E-state index contributed by atoms with van der Waals surface area (Å²) < 4.78 is 24.8. The van der Waals surface area contributed by atoms with E-state index in [0.717, 1.165) is 12.0 Å². The van der Waals surface area contributed by atoms with E-state index in [0.29, 0.717) is 19.6 Å². The van der Waals surface area contributed by atoms with Gasteiger partial charge in [0.15, 0.2) is 0 Å². The number of nitrogens with zero attached hydrogens (tertiary/aromatic N) is 2. The summed E-state index contributed by atoms with van der Waals surface area (Å²) in [6, 6.07) is 9.91. The van der Waals surface area contributed by atoms with Gasteiger partial charge in [0.1, 0.15) is 0 Å². The number of benzene rings is 1. The minimum absolute atomic E-state index is 0.126. The van der Waals surface area contributed by atoms with E-state index < -0.39 is 10.0 Å². The number of carbonyl (C=O) groups is 1. The summed E-state index contributed by atoms with van der Waals surface area (Å²) in [5.74, 6) is -0.126. The van der Waals surface area contributed by atoms with Gasteiger partial charge in [-0.2, -0.15) is 0 Å². The molecule has 0 radical (unpaired) electrons. The second-order valence-corrected chi connectivity index (χ2v) is 7.78. The summed E-state index contributed by atoms with van der Waals surface area (Å²) in [4.78, 5) is 13.8. The third kappa shape index (κ3) is 8.68. The van der Waals surface area contributed by atoms with Crippen LogP contribution in [0.3, 0.4) is 0 Å². The Morgan fingerprint density at radius 2 is 1.74 bits per heavy atom. The molecule has 0 heterocycles. The molecule has 0 aliphatic rings. The maximum absolute atomic E-state index is 11.9. The van der Waals surface area contributed by atoms with Crippen LogP contribution in [0.5, 0.6) is 0 Å². The number of carbonyl (C=O) groups excluding carboxylic acids is 1. The first-order valence-electron chi connectivity index (χ1n) is 7.69. The molecule has 1 N–H and O–H groups in total. The molecule has 0 saturated heterocycles. The van der Waals surface area contributed by atoms with Gasteiger partial charge in [-0.25, -0.2) is 12.7 Å². The van der Waals surface area contributed by atoms with Crippen molar-refractivity contribution in [3.8, 4) is 0 Å². The lowest BCUT2D eigenvalue weighted by atomic mass is 10.1. The quantitative estimate of drug-likeness (QED) is 0.675. The maximum atomic E-state index is 11.9. The van der Waals surface area contributed by atoms with Crippen molar-refractivity contribution in [2.24, 2.45) is 0 Å². The minimum Gasteiger partial charge on any atom is -0.356 e. The zero-order chi connectivity index (χ0) is 17.3. The molecule has 0 unspecified atom stereocenters. The topological polar surface area (TPSA) is 69.7 Å². The smallest absolute Gasteiger partial charge is 0.221 e. The van der Waals surface area contributed by atoms with Gasteiger partial charge in [-0.15, -0.1) is 0 Å². The van der Waals surface area contributed by atoms with Gasteiger partial charge >= 0.3 is 0 Å². The van der Waals surface area contributed by atoms with Gasteiger partial charge in [0.25, 0.3) is 0 Å². The van der Waals surface area contributed by atoms with Crippen molar-refractivity contribution in [1.82, 2.24) is 14.5 Å². The fourth-order valence-electron chi connectivity index (χ4n) is 2.06. The molecule has 0 atom stereocenters. The lowest BCUT2D eigenvalue weighted by Gasteiger charge is -2.21. The molecule has 1 aromatic carbocycles. The fourth-order valence-corrected chi connectivity index (χ4v) is 2.90. The second kappa shape index (κ2) is 9.64. The summed E-state index contributed by atoms with van der Waals surface area (Å²) in [6.45, 7) is 1.79. The van der Waals surface area contributed by atoms with Crippen LogP contribution >= 0.6 is 0 Å². The summed E-state index contributed by atoms with van der Waals surface area (Å²) in [7, 11) is 0.478. The lowest BCUT2D eigenvalue weighted by Crippen LogP contribution is -2.38. The monoisotopic (exact) mass is 341 g/mol. The first-order chi connectivity index (χ1) is 10.8. The highest BCUT2D eigenvalue weighted by atomic mass is 32.2. The lowest BCUT2D eigenvalue weighted by molar-refractivity contribution is -0.121. The van der Waals surface area contributed by atoms with Crippen LogP contribution in [0.15, 0.2) is 30.3 Å².